The summed E-state index contributed by atoms with van der Waals surface area (Å²) in [6.07, 6.45) is 2.87. The van der Waals surface area contributed by atoms with Crippen LogP contribution in [-0.2, 0) is 17.3 Å². The van der Waals surface area contributed by atoms with Crippen molar-refractivity contribution in [3.63, 3.8) is 0 Å². The van der Waals surface area contributed by atoms with E-state index in [0.29, 0.717) is 0 Å². The van der Waals surface area contributed by atoms with E-state index in [2.05, 4.69) is 255 Å². The van der Waals surface area contributed by atoms with E-state index >= 15 is 0 Å². The second-order valence-electron chi connectivity index (χ2n) is 20.9. The average Bonchev–Trinajstić information content (AvgIpc) is 4.03. The first kappa shape index (κ1) is 43.2. The van der Waals surface area contributed by atoms with Gasteiger partial charge >= 0.3 is 0 Å². The van der Waals surface area contributed by atoms with Gasteiger partial charge in [0, 0.05) is 52.1 Å². The zero-order valence-electron chi connectivity index (χ0n) is 40.8. The van der Waals surface area contributed by atoms with Crippen LogP contribution < -0.4 is 14.5 Å². The molecule has 0 unspecified atom stereocenters. The number of rotatable bonds is 9. The highest BCUT2D eigenvalue weighted by atomic mass is 16.5. The molecule has 0 amide bonds. The van der Waals surface area contributed by atoms with Gasteiger partial charge in [0.05, 0.1) is 45.8 Å². The van der Waals surface area contributed by atoms with Crippen LogP contribution in [0.5, 0.6) is 11.5 Å². The first-order valence-corrected chi connectivity index (χ1v) is 24.6. The lowest BCUT2D eigenvalue weighted by atomic mass is 9.84. The number of benzene rings is 8. The van der Waals surface area contributed by atoms with Crippen molar-refractivity contribution < 1.29 is 4.74 Å². The number of hydrogen-bond acceptors (Lipinski definition) is 4. The summed E-state index contributed by atoms with van der Waals surface area (Å²) >= 11 is 0. The van der Waals surface area contributed by atoms with Crippen molar-refractivity contribution in [3.8, 4) is 34.1 Å². The first-order valence-electron chi connectivity index (χ1n) is 24.6. The molecule has 0 saturated carbocycles. The summed E-state index contributed by atoms with van der Waals surface area (Å²) in [5.74, 6) is 2.41. The van der Waals surface area contributed by atoms with Gasteiger partial charge in [-0.05, 0) is 118 Å². The Morgan fingerprint density at radius 1 is 0.486 bits per heavy atom. The van der Waals surface area contributed by atoms with E-state index in [0.717, 1.165) is 70.1 Å². The normalized spacial score (nSPS) is 13.0. The summed E-state index contributed by atoms with van der Waals surface area (Å²) in [4.78, 5) is 9.98. The van der Waals surface area contributed by atoms with Crippen molar-refractivity contribution in [2.45, 2.75) is 58.8 Å². The van der Waals surface area contributed by atoms with Gasteiger partial charge in [-0.3, -0.25) is 4.57 Å². The summed E-state index contributed by atoms with van der Waals surface area (Å²) in [6, 6.07) is 70.2. The molecule has 0 aliphatic carbocycles. The number of aromatic nitrogens is 3. The number of hydrogen-bond donors (Lipinski definition) is 0. The largest absolute Gasteiger partial charge is 0.457 e. The highest BCUT2D eigenvalue weighted by Crippen LogP contribution is 2.44. The molecule has 70 heavy (non-hydrogen) atoms. The van der Waals surface area contributed by atoms with Gasteiger partial charge in [-0.2, -0.15) is 0 Å². The molecule has 0 spiro atoms. The highest BCUT2D eigenvalue weighted by Gasteiger charge is 2.28. The van der Waals surface area contributed by atoms with E-state index in [-0.39, 0.29) is 10.8 Å². The third kappa shape index (κ3) is 7.55. The maximum absolute atomic E-state index is 6.90. The van der Waals surface area contributed by atoms with Crippen molar-refractivity contribution in [2.75, 3.05) is 23.0 Å². The number of fused-ring (bicyclic) bond motifs is 7. The summed E-state index contributed by atoms with van der Waals surface area (Å²) in [5.41, 5.74) is 15.7. The SMILES string of the molecule is CC(C)(C)c1ccnc(-n2c3cc(Oc4cccc(N5CN(CCc6cc(C(C)(C)C)ccc6-c6ccccc6)c6ccccc65)c4)ccc3c3c(-n4c5ccccc5c5ccccc54)cccc32)c1. The molecule has 6 nitrogen and oxygen atoms in total. The number of para-hydroxylation sites is 4. The Morgan fingerprint density at radius 2 is 1.13 bits per heavy atom. The van der Waals surface area contributed by atoms with Crippen molar-refractivity contribution in [2.24, 2.45) is 0 Å². The molecule has 11 aromatic rings. The van der Waals surface area contributed by atoms with Gasteiger partial charge in [-0.1, -0.05) is 151 Å². The maximum atomic E-state index is 6.90. The van der Waals surface area contributed by atoms with Crippen LogP contribution in [0.2, 0.25) is 0 Å². The first-order chi connectivity index (χ1) is 34.0. The fourth-order valence-electron chi connectivity index (χ4n) is 10.7. The Hall–Kier alpha value is -8.09. The third-order valence-corrected chi connectivity index (χ3v) is 14.3. The molecule has 8 aromatic carbocycles. The van der Waals surface area contributed by atoms with Gasteiger partial charge in [-0.25, -0.2) is 4.98 Å². The minimum Gasteiger partial charge on any atom is -0.457 e. The molecule has 1 aliphatic heterocycles. The minimum atomic E-state index is -0.0549. The number of ether oxygens (including phenoxy) is 1. The zero-order chi connectivity index (χ0) is 47.7. The van der Waals surface area contributed by atoms with Crippen LogP contribution in [0.4, 0.5) is 17.1 Å². The molecule has 1 aliphatic rings. The van der Waals surface area contributed by atoms with E-state index in [1.165, 1.54) is 61.0 Å². The molecule has 0 fully saturated rings. The van der Waals surface area contributed by atoms with Crippen LogP contribution in [0.15, 0.2) is 200 Å². The Morgan fingerprint density at radius 3 is 1.89 bits per heavy atom. The maximum Gasteiger partial charge on any atom is 0.137 e. The lowest BCUT2D eigenvalue weighted by Crippen LogP contribution is -2.29. The Balaban J connectivity index is 0.908. The van der Waals surface area contributed by atoms with Gasteiger partial charge in [0.15, 0.2) is 0 Å². The zero-order valence-corrected chi connectivity index (χ0v) is 40.8. The Bertz CT molecular complexity index is 3720. The molecule has 0 radical (unpaired) electrons. The molecule has 4 heterocycles. The summed E-state index contributed by atoms with van der Waals surface area (Å²) < 4.78 is 11.6. The van der Waals surface area contributed by atoms with Crippen molar-refractivity contribution in [3.05, 3.63) is 217 Å². The predicted octanol–water partition coefficient (Wildman–Crippen LogP) is 16.5. The lowest BCUT2D eigenvalue weighted by Gasteiger charge is -2.24. The van der Waals surface area contributed by atoms with Crippen LogP contribution in [0.25, 0.3) is 66.2 Å². The molecule has 0 atom stereocenters. The Kier molecular flexibility index (Phi) is 10.4. The number of nitrogens with zero attached hydrogens (tertiary/aromatic N) is 5. The van der Waals surface area contributed by atoms with Crippen molar-refractivity contribution in [1.82, 2.24) is 14.1 Å². The monoisotopic (exact) mass is 911 g/mol. The summed E-state index contributed by atoms with van der Waals surface area (Å²) in [7, 11) is 0. The number of pyridine rings is 1. The standard InChI is InChI=1S/C64H57N5O/c1-63(2,3)45-30-32-50(43-18-8-7-9-19-43)44(38-45)35-37-66-42-67(57-27-15-14-26-56(57)66)47-20-16-21-48(40-47)70-49-31-33-53-60(41-49)69(61-39-46(34-36-65-61)64(4,5)6)59-29-17-28-58(62(53)59)68-54-24-12-10-22-51(54)52-23-11-13-25-55(52)68/h7-34,36,38-41H,35,37,42H2,1-6H3. The topological polar surface area (TPSA) is 38.5 Å². The fraction of sp³-hybridized carbons (Fsp3) is 0.172. The summed E-state index contributed by atoms with van der Waals surface area (Å²) in [6.45, 7) is 15.3. The smallest absolute Gasteiger partial charge is 0.137 e. The van der Waals surface area contributed by atoms with E-state index in [1.807, 2.05) is 6.20 Å². The molecule has 12 rings (SSSR count). The molecule has 0 saturated heterocycles. The Labute approximate surface area is 410 Å². The van der Waals surface area contributed by atoms with Crippen LogP contribution in [0, 0.1) is 0 Å². The molecule has 344 valence electrons. The molecule has 6 heteroatoms. The minimum absolute atomic E-state index is 0.0549. The predicted molar refractivity (Wildman–Crippen MR) is 293 cm³/mol. The molecule has 0 bridgehead atoms. The second-order valence-corrected chi connectivity index (χ2v) is 20.9. The van der Waals surface area contributed by atoms with Crippen molar-refractivity contribution in [1.29, 1.82) is 0 Å². The molecule has 3 aromatic heterocycles. The molecular weight excluding hydrogens is 855 g/mol. The van der Waals surface area contributed by atoms with Gasteiger partial charge in [-0.15, -0.1) is 0 Å². The van der Waals surface area contributed by atoms with Crippen molar-refractivity contribution >= 4 is 60.7 Å². The quantitative estimate of drug-likeness (QED) is 0.145. The number of anilines is 3. The van der Waals surface area contributed by atoms with Gasteiger partial charge in [0.25, 0.3) is 0 Å². The average molecular weight is 912 g/mol. The second kappa shape index (κ2) is 16.8. The molecule has 0 N–H and O–H groups in total. The molecular formula is C64H57N5O. The van der Waals surface area contributed by atoms with Gasteiger partial charge in [0.2, 0.25) is 0 Å². The van der Waals surface area contributed by atoms with Gasteiger partial charge < -0.3 is 19.1 Å². The van der Waals surface area contributed by atoms with E-state index in [9.17, 15) is 0 Å². The summed E-state index contributed by atoms with van der Waals surface area (Å²) in [5, 5.41) is 4.77. The lowest BCUT2D eigenvalue weighted by molar-refractivity contribution is 0.483. The van der Waals surface area contributed by atoms with E-state index in [4.69, 9.17) is 9.72 Å². The van der Waals surface area contributed by atoms with Gasteiger partial charge in [0.1, 0.15) is 17.3 Å². The van der Waals surface area contributed by atoms with Crippen LogP contribution in [-0.4, -0.2) is 27.3 Å². The fourth-order valence-corrected chi connectivity index (χ4v) is 10.7. The third-order valence-electron chi connectivity index (χ3n) is 14.3. The van der Waals surface area contributed by atoms with Crippen LogP contribution >= 0.6 is 0 Å². The van der Waals surface area contributed by atoms with Crippen LogP contribution in [0.1, 0.15) is 58.2 Å². The highest BCUT2D eigenvalue weighted by molar-refractivity contribution is 6.16. The van der Waals surface area contributed by atoms with E-state index < -0.39 is 0 Å². The van der Waals surface area contributed by atoms with Crippen LogP contribution in [0.3, 0.4) is 0 Å². The van der Waals surface area contributed by atoms with E-state index in [1.54, 1.807) is 0 Å².